The van der Waals surface area contributed by atoms with Gasteiger partial charge >= 0.3 is 0 Å². The summed E-state index contributed by atoms with van der Waals surface area (Å²) in [6.07, 6.45) is 3.10. The van der Waals surface area contributed by atoms with Crippen LogP contribution in [0.25, 0.3) is 32.2 Å². The van der Waals surface area contributed by atoms with Crippen LogP contribution in [0.2, 0.25) is 0 Å². The molecule has 0 unspecified atom stereocenters. The molecule has 158 valence electrons. The van der Waals surface area contributed by atoms with Gasteiger partial charge in [-0.05, 0) is 30.4 Å². The number of alkyl halides is 2. The van der Waals surface area contributed by atoms with Gasteiger partial charge in [-0.1, -0.05) is 18.2 Å². The topological polar surface area (TPSA) is 64.8 Å². The Hall–Kier alpha value is -3.00. The largest absolute Gasteiger partial charge is 0.301 e. The number of aromatic nitrogens is 3. The SMILES string of the molecule is Cn1cnc2cc(-c3cccc4cc(C(=O)C5CCC(F)(F)CC5)sc34)cnc2c1=O. The summed E-state index contributed by atoms with van der Waals surface area (Å²) in [7, 11) is 1.63. The number of fused-ring (bicyclic) bond motifs is 2. The molecule has 4 aromatic rings. The maximum atomic E-state index is 13.5. The van der Waals surface area contributed by atoms with Gasteiger partial charge < -0.3 is 4.57 Å². The van der Waals surface area contributed by atoms with Crippen molar-refractivity contribution in [2.45, 2.75) is 31.6 Å². The van der Waals surface area contributed by atoms with Crippen molar-refractivity contribution >= 4 is 38.2 Å². The van der Waals surface area contributed by atoms with Gasteiger partial charge in [-0.15, -0.1) is 11.3 Å². The molecule has 1 aromatic carbocycles. The van der Waals surface area contributed by atoms with E-state index in [0.717, 1.165) is 21.2 Å². The van der Waals surface area contributed by atoms with Gasteiger partial charge in [-0.3, -0.25) is 9.59 Å². The van der Waals surface area contributed by atoms with Gasteiger partial charge in [0.25, 0.3) is 5.56 Å². The standard InChI is InChI=1S/C23H19F2N3O2S/c1-28-12-27-17-9-15(11-26-19(17)22(28)30)16-4-2-3-14-10-18(31-21(14)16)20(29)13-5-7-23(24,25)8-6-13/h2-4,9-13H,5-8H2,1H3. The zero-order valence-electron chi connectivity index (χ0n) is 16.8. The Kier molecular flexibility index (Phi) is 4.69. The van der Waals surface area contributed by atoms with Crippen LogP contribution in [0.3, 0.4) is 0 Å². The van der Waals surface area contributed by atoms with Crippen LogP contribution in [0.4, 0.5) is 8.78 Å². The third-order valence-corrected chi connectivity index (χ3v) is 7.15. The normalized spacial score (nSPS) is 16.7. The van der Waals surface area contributed by atoms with Crippen LogP contribution in [0.15, 0.2) is 47.7 Å². The van der Waals surface area contributed by atoms with Crippen molar-refractivity contribution in [3.8, 4) is 11.1 Å². The molecule has 3 heterocycles. The van der Waals surface area contributed by atoms with E-state index in [1.54, 1.807) is 13.2 Å². The summed E-state index contributed by atoms with van der Waals surface area (Å²) in [5, 5.41) is 0.920. The van der Waals surface area contributed by atoms with Crippen molar-refractivity contribution in [2.75, 3.05) is 0 Å². The first-order chi connectivity index (χ1) is 14.8. The highest BCUT2D eigenvalue weighted by Gasteiger charge is 2.37. The van der Waals surface area contributed by atoms with E-state index in [-0.39, 0.29) is 42.9 Å². The fraction of sp³-hybridized carbons (Fsp3) is 0.304. The Morgan fingerprint density at radius 1 is 1.19 bits per heavy atom. The molecule has 1 aliphatic carbocycles. The Morgan fingerprint density at radius 3 is 2.74 bits per heavy atom. The third-order valence-electron chi connectivity index (χ3n) is 5.95. The van der Waals surface area contributed by atoms with E-state index in [2.05, 4.69) is 9.97 Å². The number of thiophene rings is 1. The molecule has 5 nitrogen and oxygen atoms in total. The second-order valence-corrected chi connectivity index (χ2v) is 9.13. The molecule has 1 saturated carbocycles. The lowest BCUT2D eigenvalue weighted by molar-refractivity contribution is -0.0423. The van der Waals surface area contributed by atoms with E-state index in [1.165, 1.54) is 22.2 Å². The predicted molar refractivity (Wildman–Crippen MR) is 117 cm³/mol. The first-order valence-corrected chi connectivity index (χ1v) is 10.9. The second kappa shape index (κ2) is 7.30. The smallest absolute Gasteiger partial charge is 0.279 e. The molecule has 0 radical (unpaired) electrons. The molecule has 5 rings (SSSR count). The summed E-state index contributed by atoms with van der Waals surface area (Å²) in [5.41, 5.74) is 2.30. The lowest BCUT2D eigenvalue weighted by atomic mass is 9.83. The monoisotopic (exact) mass is 439 g/mol. The number of hydrogen-bond donors (Lipinski definition) is 0. The van der Waals surface area contributed by atoms with Crippen molar-refractivity contribution in [2.24, 2.45) is 13.0 Å². The van der Waals surface area contributed by atoms with E-state index in [9.17, 15) is 18.4 Å². The molecule has 31 heavy (non-hydrogen) atoms. The lowest BCUT2D eigenvalue weighted by Crippen LogP contribution is -2.28. The van der Waals surface area contributed by atoms with Crippen LogP contribution >= 0.6 is 11.3 Å². The average molecular weight is 439 g/mol. The molecule has 1 fully saturated rings. The van der Waals surface area contributed by atoms with Gasteiger partial charge in [0, 0.05) is 47.8 Å². The minimum absolute atomic E-state index is 0.0514. The van der Waals surface area contributed by atoms with Crippen molar-refractivity contribution in [3.05, 3.63) is 58.1 Å². The maximum Gasteiger partial charge on any atom is 0.279 e. The fourth-order valence-corrected chi connectivity index (χ4v) is 5.36. The van der Waals surface area contributed by atoms with Gasteiger partial charge in [0.1, 0.15) is 0 Å². The number of ketones is 1. The molecule has 0 amide bonds. The van der Waals surface area contributed by atoms with Gasteiger partial charge in [0.2, 0.25) is 5.92 Å². The predicted octanol–water partition coefficient (Wildman–Crippen LogP) is 5.22. The highest BCUT2D eigenvalue weighted by atomic mass is 32.1. The number of Topliss-reactive ketones (excluding diaryl/α,β-unsaturated/α-hetero) is 1. The number of hydrogen-bond acceptors (Lipinski definition) is 5. The molecule has 8 heteroatoms. The molecule has 0 aliphatic heterocycles. The number of carbonyl (C=O) groups excluding carboxylic acids is 1. The van der Waals surface area contributed by atoms with Crippen molar-refractivity contribution in [1.29, 1.82) is 0 Å². The van der Waals surface area contributed by atoms with Gasteiger partial charge in [0.05, 0.1) is 16.7 Å². The maximum absolute atomic E-state index is 13.5. The van der Waals surface area contributed by atoms with Crippen LogP contribution < -0.4 is 5.56 Å². The van der Waals surface area contributed by atoms with Crippen LogP contribution in [0, 0.1) is 5.92 Å². The van der Waals surface area contributed by atoms with Crippen LogP contribution in [0.5, 0.6) is 0 Å². The minimum atomic E-state index is -2.65. The van der Waals surface area contributed by atoms with E-state index < -0.39 is 5.92 Å². The summed E-state index contributed by atoms with van der Waals surface area (Å²) < 4.78 is 29.2. The van der Waals surface area contributed by atoms with Gasteiger partial charge in [-0.2, -0.15) is 0 Å². The van der Waals surface area contributed by atoms with Crippen LogP contribution in [0.1, 0.15) is 35.4 Å². The summed E-state index contributed by atoms with van der Waals surface area (Å²) >= 11 is 1.38. The Morgan fingerprint density at radius 2 is 1.97 bits per heavy atom. The first kappa shape index (κ1) is 19.9. The summed E-state index contributed by atoms with van der Waals surface area (Å²) in [4.78, 5) is 34.4. The molecule has 0 atom stereocenters. The molecule has 0 spiro atoms. The number of benzene rings is 1. The quantitative estimate of drug-likeness (QED) is 0.411. The van der Waals surface area contributed by atoms with E-state index in [4.69, 9.17) is 0 Å². The van der Waals surface area contributed by atoms with E-state index in [1.807, 2.05) is 30.3 Å². The molecule has 0 saturated heterocycles. The molecule has 1 aliphatic rings. The summed E-state index contributed by atoms with van der Waals surface area (Å²) in [6, 6.07) is 9.45. The van der Waals surface area contributed by atoms with Crippen molar-refractivity contribution in [3.63, 3.8) is 0 Å². The van der Waals surface area contributed by atoms with Gasteiger partial charge in [-0.25, -0.2) is 18.7 Å². The number of carbonyl (C=O) groups is 1. The highest BCUT2D eigenvalue weighted by Crippen LogP contribution is 2.40. The molecule has 0 bridgehead atoms. The number of aryl methyl sites for hydroxylation is 1. The number of halogens is 2. The lowest BCUT2D eigenvalue weighted by Gasteiger charge is -2.26. The molecule has 0 N–H and O–H groups in total. The van der Waals surface area contributed by atoms with Crippen LogP contribution in [-0.2, 0) is 7.05 Å². The number of rotatable bonds is 3. The second-order valence-electron chi connectivity index (χ2n) is 8.08. The highest BCUT2D eigenvalue weighted by molar-refractivity contribution is 7.21. The van der Waals surface area contributed by atoms with Crippen LogP contribution in [-0.4, -0.2) is 26.2 Å². The third kappa shape index (κ3) is 3.54. The summed E-state index contributed by atoms with van der Waals surface area (Å²) in [5.74, 6) is -3.05. The number of pyridine rings is 1. The number of nitrogens with zero attached hydrogens (tertiary/aromatic N) is 3. The molecular formula is C23H19F2N3O2S. The van der Waals surface area contributed by atoms with Crippen molar-refractivity contribution < 1.29 is 13.6 Å². The van der Waals surface area contributed by atoms with E-state index in [0.29, 0.717) is 15.9 Å². The average Bonchev–Trinajstić information content (AvgIpc) is 3.20. The van der Waals surface area contributed by atoms with Crippen molar-refractivity contribution in [1.82, 2.24) is 14.5 Å². The first-order valence-electron chi connectivity index (χ1n) is 10.1. The van der Waals surface area contributed by atoms with Gasteiger partial charge in [0.15, 0.2) is 11.3 Å². The Bertz CT molecular complexity index is 1380. The molecular weight excluding hydrogens is 420 g/mol. The van der Waals surface area contributed by atoms with E-state index >= 15 is 0 Å². The zero-order chi connectivity index (χ0) is 21.8. The summed E-state index contributed by atoms with van der Waals surface area (Å²) in [6.45, 7) is 0. The fourth-order valence-electron chi connectivity index (χ4n) is 4.15. The molecule has 3 aromatic heterocycles. The minimum Gasteiger partial charge on any atom is -0.301 e. The Balaban J connectivity index is 1.53. The Labute approximate surface area is 180 Å². The zero-order valence-corrected chi connectivity index (χ0v) is 17.6.